The molecule has 190 valence electrons. The molecule has 36 heavy (non-hydrogen) atoms. The molecular weight excluding hydrogens is 462 g/mol. The van der Waals surface area contributed by atoms with Gasteiger partial charge in [0.05, 0.1) is 35.9 Å². The van der Waals surface area contributed by atoms with Crippen molar-refractivity contribution >= 4 is 28.8 Å². The van der Waals surface area contributed by atoms with Gasteiger partial charge in [-0.3, -0.25) is 14.7 Å². The number of rotatable bonds is 5. The molecule has 10 heteroatoms. The van der Waals surface area contributed by atoms with Gasteiger partial charge in [0, 0.05) is 30.0 Å². The molecule has 3 aromatic rings. The van der Waals surface area contributed by atoms with Gasteiger partial charge in [-0.25, -0.2) is 14.8 Å². The van der Waals surface area contributed by atoms with Crippen LogP contribution < -0.4 is 9.64 Å². The quantitative estimate of drug-likeness (QED) is 0.544. The molecule has 1 aliphatic carbocycles. The molecule has 1 aliphatic heterocycles. The number of nitrogens with zero attached hydrogens (tertiary/aromatic N) is 5. The zero-order valence-electron chi connectivity index (χ0n) is 20.8. The van der Waals surface area contributed by atoms with Crippen LogP contribution in [0.4, 0.5) is 10.5 Å². The number of carbonyl (C=O) groups is 2. The maximum absolute atomic E-state index is 12.6. The van der Waals surface area contributed by atoms with Crippen LogP contribution in [0.15, 0.2) is 30.7 Å². The van der Waals surface area contributed by atoms with Crippen LogP contribution in [-0.4, -0.2) is 49.8 Å². The molecule has 1 aromatic carbocycles. The maximum atomic E-state index is 12.6. The minimum atomic E-state index is -0.727. The van der Waals surface area contributed by atoms with Crippen LogP contribution >= 0.6 is 0 Å². The second kappa shape index (κ2) is 9.75. The number of methoxy groups -OCH3 is 1. The minimum Gasteiger partial charge on any atom is -0.481 e. The average Bonchev–Trinajstić information content (AvgIpc) is 3.29. The van der Waals surface area contributed by atoms with Gasteiger partial charge in [-0.15, -0.1) is 0 Å². The minimum absolute atomic E-state index is 0.0224. The van der Waals surface area contributed by atoms with Crippen molar-refractivity contribution in [1.82, 2.24) is 19.5 Å². The lowest BCUT2D eigenvalue weighted by atomic mass is 9.85. The number of hydrogen-bond acceptors (Lipinski definition) is 7. The Hall–Kier alpha value is -3.69. The number of hydrogen-bond donors (Lipinski definition) is 1. The normalized spacial score (nSPS) is 22.6. The monoisotopic (exact) mass is 493 g/mol. The summed E-state index contributed by atoms with van der Waals surface area (Å²) in [6, 6.07) is 4.11. The number of benzene rings is 1. The van der Waals surface area contributed by atoms with Gasteiger partial charge in [-0.1, -0.05) is 0 Å². The summed E-state index contributed by atoms with van der Waals surface area (Å²) in [5, 5.41) is 9.48. The number of anilines is 1. The number of carboxylic acids is 1. The highest BCUT2D eigenvalue weighted by molar-refractivity contribution is 5.95. The van der Waals surface area contributed by atoms with Crippen molar-refractivity contribution in [2.45, 2.75) is 70.6 Å². The van der Waals surface area contributed by atoms with Crippen LogP contribution in [-0.2, 0) is 16.0 Å². The van der Waals surface area contributed by atoms with Gasteiger partial charge in [0.2, 0.25) is 5.88 Å². The topological polar surface area (TPSA) is 120 Å². The van der Waals surface area contributed by atoms with Crippen molar-refractivity contribution in [3.05, 3.63) is 42.1 Å². The number of carbonyl (C=O) groups excluding carboxylic acids is 1. The Balaban J connectivity index is 1.60. The van der Waals surface area contributed by atoms with E-state index in [4.69, 9.17) is 14.5 Å². The molecular formula is C26H31N5O5. The molecule has 1 N–H and O–H groups in total. The fourth-order valence-corrected chi connectivity index (χ4v) is 5.62. The fraction of sp³-hybridized carbons (Fsp3) is 0.500. The Morgan fingerprint density at radius 1 is 1.14 bits per heavy atom. The van der Waals surface area contributed by atoms with Gasteiger partial charge < -0.3 is 19.1 Å². The molecule has 2 aromatic heterocycles. The molecule has 10 nitrogen and oxygen atoms in total. The first-order valence-electron chi connectivity index (χ1n) is 12.4. The number of amides is 1. The summed E-state index contributed by atoms with van der Waals surface area (Å²) in [4.78, 5) is 39.3. The summed E-state index contributed by atoms with van der Waals surface area (Å²) in [6.07, 6.45) is 8.28. The molecule has 1 unspecified atom stereocenters. The number of aryl methyl sites for hydroxylation is 1. The van der Waals surface area contributed by atoms with Crippen LogP contribution in [0.2, 0.25) is 0 Å². The van der Waals surface area contributed by atoms with Crippen LogP contribution in [0.1, 0.15) is 69.5 Å². The molecule has 0 saturated heterocycles. The molecule has 2 atom stereocenters. The second-order valence-electron chi connectivity index (χ2n) is 9.65. The van der Waals surface area contributed by atoms with Gasteiger partial charge in [0.15, 0.2) is 11.9 Å². The first kappa shape index (κ1) is 24.0. The van der Waals surface area contributed by atoms with Crippen molar-refractivity contribution in [3.63, 3.8) is 0 Å². The van der Waals surface area contributed by atoms with E-state index in [0.717, 1.165) is 53.8 Å². The predicted octanol–water partition coefficient (Wildman–Crippen LogP) is 4.69. The molecule has 3 heterocycles. The van der Waals surface area contributed by atoms with E-state index in [1.807, 2.05) is 26.0 Å². The second-order valence-corrected chi connectivity index (χ2v) is 9.65. The van der Waals surface area contributed by atoms with Gasteiger partial charge in [-0.2, -0.15) is 0 Å². The van der Waals surface area contributed by atoms with Crippen molar-refractivity contribution in [2.75, 3.05) is 12.0 Å². The Kier molecular flexibility index (Phi) is 6.51. The number of aromatic nitrogens is 4. The lowest BCUT2D eigenvalue weighted by Crippen LogP contribution is -2.42. The SMILES string of the molecule is COC(=O)N1c2ccc3c(nc(C(C)Oc4cnccn4)n3C3CCC(C(=O)O)CC3)c2CC[C@@H]1C. The molecule has 0 spiro atoms. The fourth-order valence-electron chi connectivity index (χ4n) is 5.62. The smallest absolute Gasteiger partial charge is 0.414 e. The maximum Gasteiger partial charge on any atom is 0.414 e. The number of fused-ring (bicyclic) bond motifs is 3. The highest BCUT2D eigenvalue weighted by Crippen LogP contribution is 2.41. The molecule has 0 radical (unpaired) electrons. The van der Waals surface area contributed by atoms with E-state index in [2.05, 4.69) is 14.5 Å². The zero-order valence-corrected chi connectivity index (χ0v) is 20.8. The number of ether oxygens (including phenoxy) is 2. The van der Waals surface area contributed by atoms with Crippen molar-refractivity contribution in [2.24, 2.45) is 5.92 Å². The predicted molar refractivity (Wildman–Crippen MR) is 132 cm³/mol. The molecule has 5 rings (SSSR count). The summed E-state index contributed by atoms with van der Waals surface area (Å²) < 4.78 is 13.4. The molecule has 2 aliphatic rings. The first-order valence-corrected chi connectivity index (χ1v) is 12.4. The van der Waals surface area contributed by atoms with E-state index >= 15 is 0 Å². The van der Waals surface area contributed by atoms with Crippen LogP contribution in [0.3, 0.4) is 0 Å². The third-order valence-corrected chi connectivity index (χ3v) is 7.46. The van der Waals surface area contributed by atoms with Crippen LogP contribution in [0, 0.1) is 5.92 Å². The van der Waals surface area contributed by atoms with Gasteiger partial charge >= 0.3 is 12.1 Å². The number of imidazole rings is 1. The van der Waals surface area contributed by atoms with Gasteiger partial charge in [-0.05, 0) is 64.5 Å². The molecule has 1 fully saturated rings. The first-order chi connectivity index (χ1) is 17.4. The Labute approximate surface area is 209 Å². The lowest BCUT2D eigenvalue weighted by molar-refractivity contribution is -0.143. The third kappa shape index (κ3) is 4.25. The standard InChI is InChI=1S/C26H31N5O5/c1-15-4-9-19-20(30(15)26(34)35-3)10-11-21-23(19)29-24(16(2)36-22-14-27-12-13-28-22)31(21)18-7-5-17(6-8-18)25(32)33/h10-18H,4-9H2,1-3H3,(H,32,33)/t15-,16?,17?,18?/m0/s1. The molecule has 0 bridgehead atoms. The number of aliphatic carboxylic acids is 1. The third-order valence-electron chi connectivity index (χ3n) is 7.46. The zero-order chi connectivity index (χ0) is 25.4. The number of carboxylic acid groups (broad SMARTS) is 1. The average molecular weight is 494 g/mol. The Morgan fingerprint density at radius 2 is 1.92 bits per heavy atom. The highest BCUT2D eigenvalue weighted by atomic mass is 16.5. The van der Waals surface area contributed by atoms with Crippen molar-refractivity contribution in [1.29, 1.82) is 0 Å². The van der Waals surface area contributed by atoms with E-state index in [1.54, 1.807) is 23.5 Å². The highest BCUT2D eigenvalue weighted by Gasteiger charge is 2.34. The largest absolute Gasteiger partial charge is 0.481 e. The van der Waals surface area contributed by atoms with E-state index in [-0.39, 0.29) is 24.1 Å². The van der Waals surface area contributed by atoms with Gasteiger partial charge in [0.1, 0.15) is 0 Å². The van der Waals surface area contributed by atoms with Crippen molar-refractivity contribution < 1.29 is 24.2 Å². The van der Waals surface area contributed by atoms with E-state index < -0.39 is 12.1 Å². The van der Waals surface area contributed by atoms with Crippen LogP contribution in [0.25, 0.3) is 11.0 Å². The van der Waals surface area contributed by atoms with Gasteiger partial charge in [0.25, 0.3) is 0 Å². The summed E-state index contributed by atoms with van der Waals surface area (Å²) in [6.45, 7) is 3.95. The summed E-state index contributed by atoms with van der Waals surface area (Å²) in [7, 11) is 1.40. The van der Waals surface area contributed by atoms with Crippen LogP contribution in [0.5, 0.6) is 5.88 Å². The summed E-state index contributed by atoms with van der Waals surface area (Å²) in [5.74, 6) is 0.127. The van der Waals surface area contributed by atoms with Crippen molar-refractivity contribution in [3.8, 4) is 5.88 Å². The molecule has 1 amide bonds. The summed E-state index contributed by atoms with van der Waals surface area (Å²) in [5.41, 5.74) is 3.65. The van der Waals surface area contributed by atoms with E-state index in [0.29, 0.717) is 18.7 Å². The lowest BCUT2D eigenvalue weighted by Gasteiger charge is -2.34. The summed E-state index contributed by atoms with van der Waals surface area (Å²) >= 11 is 0. The van der Waals surface area contributed by atoms with E-state index in [1.165, 1.54) is 7.11 Å². The Morgan fingerprint density at radius 3 is 2.58 bits per heavy atom. The molecule has 1 saturated carbocycles. The van der Waals surface area contributed by atoms with E-state index in [9.17, 15) is 14.7 Å². The Bertz CT molecular complexity index is 1270.